The number of guanidine groups is 1. The Labute approximate surface area is 173 Å². The van der Waals surface area contributed by atoms with Crippen molar-refractivity contribution in [1.82, 2.24) is 10.6 Å². The average molecular weight is 493 g/mol. The van der Waals surface area contributed by atoms with E-state index in [2.05, 4.69) is 15.6 Å². The fourth-order valence-electron chi connectivity index (χ4n) is 2.30. The summed E-state index contributed by atoms with van der Waals surface area (Å²) in [6, 6.07) is 12.0. The van der Waals surface area contributed by atoms with Gasteiger partial charge in [0, 0.05) is 13.1 Å². The van der Waals surface area contributed by atoms with Gasteiger partial charge in [0.1, 0.15) is 5.75 Å². The molecule has 0 radical (unpaired) electrons. The van der Waals surface area contributed by atoms with Gasteiger partial charge in [-0.25, -0.2) is 4.99 Å². The highest BCUT2D eigenvalue weighted by Crippen LogP contribution is 2.29. The van der Waals surface area contributed by atoms with Gasteiger partial charge in [-0.2, -0.15) is 13.2 Å². The van der Waals surface area contributed by atoms with Crippen molar-refractivity contribution in [1.29, 1.82) is 0 Å². The van der Waals surface area contributed by atoms with Crippen molar-refractivity contribution in [3.05, 3.63) is 65.2 Å². The number of hydrogen-bond donors (Lipinski definition) is 3. The van der Waals surface area contributed by atoms with Crippen LogP contribution in [0.5, 0.6) is 5.75 Å². The Hall–Kier alpha value is -1.97. The van der Waals surface area contributed by atoms with Crippen LogP contribution in [-0.4, -0.2) is 24.2 Å². The van der Waals surface area contributed by atoms with E-state index in [1.165, 1.54) is 12.1 Å². The first-order chi connectivity index (χ1) is 12.4. The SMILES string of the molecule is CCNC(=NCc1ccc(O)cc1)NCCc1ccc(C(F)(F)F)cc1.I. The smallest absolute Gasteiger partial charge is 0.416 e. The third-order valence-electron chi connectivity index (χ3n) is 3.69. The number of phenolic OH excluding ortho intramolecular Hbond substituents is 1. The number of phenols is 1. The second-order valence-electron chi connectivity index (χ2n) is 5.73. The third kappa shape index (κ3) is 8.06. The van der Waals surface area contributed by atoms with E-state index >= 15 is 0 Å². The molecule has 0 saturated carbocycles. The van der Waals surface area contributed by atoms with E-state index in [4.69, 9.17) is 0 Å². The van der Waals surface area contributed by atoms with Crippen LogP contribution in [-0.2, 0) is 19.1 Å². The predicted octanol–water partition coefficient (Wildman–Crippen LogP) is 4.33. The molecular formula is C19H23F3IN3O. The van der Waals surface area contributed by atoms with Gasteiger partial charge in [-0.1, -0.05) is 24.3 Å². The van der Waals surface area contributed by atoms with Gasteiger partial charge in [-0.3, -0.25) is 0 Å². The molecule has 0 bridgehead atoms. The van der Waals surface area contributed by atoms with Crippen LogP contribution in [0.2, 0.25) is 0 Å². The molecule has 148 valence electrons. The molecule has 27 heavy (non-hydrogen) atoms. The summed E-state index contributed by atoms with van der Waals surface area (Å²) in [6.45, 7) is 3.65. The number of aromatic hydroxyl groups is 1. The van der Waals surface area contributed by atoms with E-state index in [0.717, 1.165) is 23.3 Å². The molecule has 0 amide bonds. The molecule has 0 aliphatic heterocycles. The lowest BCUT2D eigenvalue weighted by Crippen LogP contribution is -2.38. The van der Waals surface area contributed by atoms with Crippen LogP contribution in [0.3, 0.4) is 0 Å². The molecule has 3 N–H and O–H groups in total. The number of halogens is 4. The summed E-state index contributed by atoms with van der Waals surface area (Å²) in [5, 5.41) is 15.6. The molecule has 0 unspecified atom stereocenters. The molecule has 0 aromatic heterocycles. The van der Waals surface area contributed by atoms with Crippen molar-refractivity contribution in [3.63, 3.8) is 0 Å². The van der Waals surface area contributed by atoms with Crippen molar-refractivity contribution in [2.24, 2.45) is 4.99 Å². The lowest BCUT2D eigenvalue weighted by molar-refractivity contribution is -0.137. The number of aliphatic imine (C=N–C) groups is 1. The van der Waals surface area contributed by atoms with E-state index in [1.807, 2.05) is 6.92 Å². The number of hydrogen-bond acceptors (Lipinski definition) is 2. The van der Waals surface area contributed by atoms with Gasteiger partial charge in [0.15, 0.2) is 5.96 Å². The van der Waals surface area contributed by atoms with Crippen LogP contribution in [0, 0.1) is 0 Å². The van der Waals surface area contributed by atoms with Gasteiger partial charge in [0.05, 0.1) is 12.1 Å². The summed E-state index contributed by atoms with van der Waals surface area (Å²) >= 11 is 0. The zero-order chi connectivity index (χ0) is 19.0. The highest BCUT2D eigenvalue weighted by Gasteiger charge is 2.29. The Bertz CT molecular complexity index is 716. The van der Waals surface area contributed by atoms with Crippen LogP contribution >= 0.6 is 24.0 Å². The van der Waals surface area contributed by atoms with Crippen molar-refractivity contribution >= 4 is 29.9 Å². The lowest BCUT2D eigenvalue weighted by Gasteiger charge is -2.12. The van der Waals surface area contributed by atoms with Gasteiger partial charge in [-0.15, -0.1) is 24.0 Å². The molecule has 2 aromatic rings. The van der Waals surface area contributed by atoms with Crippen LogP contribution < -0.4 is 10.6 Å². The Balaban J connectivity index is 0.00000364. The number of alkyl halides is 3. The molecule has 0 heterocycles. The minimum absolute atomic E-state index is 0. The molecule has 0 atom stereocenters. The van der Waals surface area contributed by atoms with Crippen LogP contribution in [0.25, 0.3) is 0 Å². The first-order valence-corrected chi connectivity index (χ1v) is 8.34. The maximum Gasteiger partial charge on any atom is 0.416 e. The fourth-order valence-corrected chi connectivity index (χ4v) is 2.30. The van der Waals surface area contributed by atoms with E-state index in [1.54, 1.807) is 24.3 Å². The summed E-state index contributed by atoms with van der Waals surface area (Å²) in [4.78, 5) is 4.46. The standard InChI is InChI=1S/C19H22F3N3O.HI/c1-2-23-18(25-13-15-5-9-17(26)10-6-15)24-12-11-14-3-7-16(8-4-14)19(20,21)22;/h3-10,26H,2,11-13H2,1H3,(H2,23,24,25);1H. The monoisotopic (exact) mass is 493 g/mol. The van der Waals surface area contributed by atoms with Gasteiger partial charge >= 0.3 is 6.18 Å². The molecule has 0 aliphatic carbocycles. The minimum atomic E-state index is -4.31. The van der Waals surface area contributed by atoms with E-state index in [9.17, 15) is 18.3 Å². The average Bonchev–Trinajstić information content (AvgIpc) is 2.61. The van der Waals surface area contributed by atoms with Crippen molar-refractivity contribution in [2.45, 2.75) is 26.1 Å². The fraction of sp³-hybridized carbons (Fsp3) is 0.316. The van der Waals surface area contributed by atoms with Crippen LogP contribution in [0.1, 0.15) is 23.6 Å². The minimum Gasteiger partial charge on any atom is -0.508 e. The molecule has 8 heteroatoms. The summed E-state index contributed by atoms with van der Waals surface area (Å²) in [5.41, 5.74) is 1.14. The van der Waals surface area contributed by atoms with E-state index in [0.29, 0.717) is 32.0 Å². The summed E-state index contributed by atoms with van der Waals surface area (Å²) in [7, 11) is 0. The Kier molecular flexibility index (Phi) is 9.40. The molecule has 0 fully saturated rings. The van der Waals surface area contributed by atoms with E-state index < -0.39 is 11.7 Å². The second kappa shape index (κ2) is 11.0. The molecule has 2 rings (SSSR count). The second-order valence-corrected chi connectivity index (χ2v) is 5.73. The molecule has 4 nitrogen and oxygen atoms in total. The first-order valence-electron chi connectivity index (χ1n) is 8.34. The predicted molar refractivity (Wildman–Crippen MR) is 111 cm³/mol. The normalized spacial score (nSPS) is 11.6. The first kappa shape index (κ1) is 23.1. The quantitative estimate of drug-likeness (QED) is 0.319. The Morgan fingerprint density at radius 1 is 0.963 bits per heavy atom. The van der Waals surface area contributed by atoms with Gasteiger partial charge in [0.25, 0.3) is 0 Å². The van der Waals surface area contributed by atoms with Crippen LogP contribution in [0.4, 0.5) is 13.2 Å². The van der Waals surface area contributed by atoms with Crippen molar-refractivity contribution in [2.75, 3.05) is 13.1 Å². The van der Waals surface area contributed by atoms with Crippen molar-refractivity contribution < 1.29 is 18.3 Å². The van der Waals surface area contributed by atoms with Crippen LogP contribution in [0.15, 0.2) is 53.5 Å². The van der Waals surface area contributed by atoms with Gasteiger partial charge < -0.3 is 15.7 Å². The zero-order valence-electron chi connectivity index (χ0n) is 14.9. The molecule has 0 aliphatic rings. The molecule has 0 spiro atoms. The zero-order valence-corrected chi connectivity index (χ0v) is 17.2. The summed E-state index contributed by atoms with van der Waals surface area (Å²) in [6.07, 6.45) is -3.72. The van der Waals surface area contributed by atoms with Crippen molar-refractivity contribution in [3.8, 4) is 5.75 Å². The maximum atomic E-state index is 12.6. The Morgan fingerprint density at radius 2 is 1.56 bits per heavy atom. The number of nitrogens with one attached hydrogen (secondary N) is 2. The molecular weight excluding hydrogens is 470 g/mol. The third-order valence-corrected chi connectivity index (χ3v) is 3.69. The highest BCUT2D eigenvalue weighted by atomic mass is 127. The van der Waals surface area contributed by atoms with Gasteiger partial charge in [0.2, 0.25) is 0 Å². The van der Waals surface area contributed by atoms with Gasteiger partial charge in [-0.05, 0) is 48.7 Å². The number of nitrogens with zero attached hydrogens (tertiary/aromatic N) is 1. The largest absolute Gasteiger partial charge is 0.508 e. The summed E-state index contributed by atoms with van der Waals surface area (Å²) in [5.74, 6) is 0.840. The number of benzene rings is 2. The van der Waals surface area contributed by atoms with E-state index in [-0.39, 0.29) is 29.7 Å². The number of rotatable bonds is 6. The maximum absolute atomic E-state index is 12.6. The lowest BCUT2D eigenvalue weighted by atomic mass is 10.1. The summed E-state index contributed by atoms with van der Waals surface area (Å²) < 4.78 is 37.7. The molecule has 2 aromatic carbocycles. The highest BCUT2D eigenvalue weighted by molar-refractivity contribution is 14.0. The molecule has 0 saturated heterocycles. The Morgan fingerprint density at radius 3 is 2.11 bits per heavy atom. The topological polar surface area (TPSA) is 56.7 Å².